The van der Waals surface area contributed by atoms with Gasteiger partial charge in [0.25, 0.3) is 0 Å². The van der Waals surface area contributed by atoms with Crippen LogP contribution in [0.15, 0.2) is 42.0 Å². The molecule has 1 aliphatic heterocycles. The molecule has 2 fully saturated rings. The largest absolute Gasteiger partial charge is 0.352 e. The van der Waals surface area contributed by atoms with E-state index in [1.54, 1.807) is 18.7 Å². The minimum Gasteiger partial charge on any atom is -0.352 e. The molecule has 140 valence electrons. The first-order valence-electron chi connectivity index (χ1n) is 8.97. The van der Waals surface area contributed by atoms with E-state index in [1.165, 1.54) is 25.8 Å². The Morgan fingerprint density at radius 2 is 2.19 bits per heavy atom. The van der Waals surface area contributed by atoms with Gasteiger partial charge in [0, 0.05) is 62.9 Å². The summed E-state index contributed by atoms with van der Waals surface area (Å²) in [5, 5.41) is 6.98. The molecule has 0 amide bonds. The number of pyridine rings is 1. The average Bonchev–Trinajstić information content (AvgIpc) is 3.16. The third-order valence-electron chi connectivity index (χ3n) is 4.91. The van der Waals surface area contributed by atoms with E-state index in [-0.39, 0.29) is 24.0 Å². The number of aromatic nitrogens is 3. The lowest BCUT2D eigenvalue weighted by Gasteiger charge is -2.19. The molecule has 7 nitrogen and oxygen atoms in total. The maximum absolute atomic E-state index is 4.48. The second kappa shape index (κ2) is 8.81. The van der Waals surface area contributed by atoms with E-state index < -0.39 is 0 Å². The van der Waals surface area contributed by atoms with E-state index in [9.17, 15) is 0 Å². The van der Waals surface area contributed by atoms with Crippen molar-refractivity contribution in [2.45, 2.75) is 37.9 Å². The van der Waals surface area contributed by atoms with E-state index >= 15 is 0 Å². The van der Waals surface area contributed by atoms with Crippen molar-refractivity contribution in [1.29, 1.82) is 0 Å². The molecule has 0 spiro atoms. The summed E-state index contributed by atoms with van der Waals surface area (Å²) in [7, 11) is 1.82. The summed E-state index contributed by atoms with van der Waals surface area (Å²) < 4.78 is 1.93. The van der Waals surface area contributed by atoms with Crippen molar-refractivity contribution in [3.63, 3.8) is 0 Å². The number of nitrogens with zero attached hydrogens (tertiary/aromatic N) is 5. The van der Waals surface area contributed by atoms with E-state index in [4.69, 9.17) is 0 Å². The van der Waals surface area contributed by atoms with Gasteiger partial charge in [0.2, 0.25) is 0 Å². The average molecular weight is 467 g/mol. The molecule has 0 radical (unpaired) electrons. The molecular formula is C18H26IN7. The fraction of sp³-hybridized carbons (Fsp3) is 0.500. The van der Waals surface area contributed by atoms with E-state index in [0.717, 1.165) is 29.9 Å². The number of nitrogens with one attached hydrogen (secondary N) is 2. The number of rotatable bonds is 5. The van der Waals surface area contributed by atoms with Crippen molar-refractivity contribution in [1.82, 2.24) is 30.1 Å². The SMILES string of the molecule is CN=C(NCc1cccnc1-n1ccnc1)NC1CCN(C2CC2)C1.I. The van der Waals surface area contributed by atoms with Gasteiger partial charge in [-0.15, -0.1) is 24.0 Å². The molecule has 1 aliphatic carbocycles. The Hall–Kier alpha value is -1.68. The zero-order chi connectivity index (χ0) is 17.1. The quantitative estimate of drug-likeness (QED) is 0.399. The molecule has 2 aromatic rings. The van der Waals surface area contributed by atoms with Gasteiger partial charge in [-0.3, -0.25) is 14.5 Å². The smallest absolute Gasteiger partial charge is 0.191 e. The summed E-state index contributed by atoms with van der Waals surface area (Å²) in [4.78, 5) is 15.6. The number of hydrogen-bond acceptors (Lipinski definition) is 4. The summed E-state index contributed by atoms with van der Waals surface area (Å²) in [6.07, 6.45) is 11.2. The normalized spacial score (nSPS) is 20.7. The highest BCUT2D eigenvalue weighted by atomic mass is 127. The molecule has 3 heterocycles. The van der Waals surface area contributed by atoms with Crippen LogP contribution in [0.5, 0.6) is 0 Å². The van der Waals surface area contributed by atoms with Crippen molar-refractivity contribution in [3.8, 4) is 5.82 Å². The summed E-state index contributed by atoms with van der Waals surface area (Å²) in [6.45, 7) is 2.99. The van der Waals surface area contributed by atoms with Crippen molar-refractivity contribution >= 4 is 29.9 Å². The number of imidazole rings is 1. The van der Waals surface area contributed by atoms with Crippen LogP contribution in [-0.2, 0) is 6.54 Å². The number of likely N-dealkylation sites (tertiary alicyclic amines) is 1. The zero-order valence-corrected chi connectivity index (χ0v) is 17.3. The molecule has 2 aliphatic rings. The highest BCUT2D eigenvalue weighted by Crippen LogP contribution is 2.29. The first-order chi connectivity index (χ1) is 12.3. The number of hydrogen-bond donors (Lipinski definition) is 2. The van der Waals surface area contributed by atoms with E-state index in [1.807, 2.05) is 23.9 Å². The maximum Gasteiger partial charge on any atom is 0.191 e. The molecule has 0 bridgehead atoms. The summed E-state index contributed by atoms with van der Waals surface area (Å²) >= 11 is 0. The molecule has 1 saturated heterocycles. The van der Waals surface area contributed by atoms with Crippen molar-refractivity contribution in [2.24, 2.45) is 4.99 Å². The molecule has 1 unspecified atom stereocenters. The molecule has 1 saturated carbocycles. The first kappa shape index (κ1) is 19.1. The third-order valence-corrected chi connectivity index (χ3v) is 4.91. The van der Waals surface area contributed by atoms with Crippen LogP contribution in [0.25, 0.3) is 5.82 Å². The van der Waals surface area contributed by atoms with Gasteiger partial charge in [-0.25, -0.2) is 9.97 Å². The Bertz CT molecular complexity index is 727. The van der Waals surface area contributed by atoms with E-state index in [2.05, 4.69) is 36.6 Å². The summed E-state index contributed by atoms with van der Waals surface area (Å²) in [5.41, 5.74) is 1.11. The van der Waals surface area contributed by atoms with Gasteiger partial charge in [0.05, 0.1) is 0 Å². The molecule has 2 N–H and O–H groups in total. The monoisotopic (exact) mass is 467 g/mol. The lowest BCUT2D eigenvalue weighted by molar-refractivity contribution is 0.321. The highest BCUT2D eigenvalue weighted by molar-refractivity contribution is 14.0. The van der Waals surface area contributed by atoms with E-state index in [0.29, 0.717) is 12.6 Å². The van der Waals surface area contributed by atoms with Gasteiger partial charge in [0.15, 0.2) is 5.96 Å². The predicted molar refractivity (Wildman–Crippen MR) is 113 cm³/mol. The Kier molecular flexibility index (Phi) is 6.47. The van der Waals surface area contributed by atoms with Crippen LogP contribution < -0.4 is 10.6 Å². The van der Waals surface area contributed by atoms with Crippen LogP contribution in [0.3, 0.4) is 0 Å². The molecule has 2 aromatic heterocycles. The van der Waals surface area contributed by atoms with Gasteiger partial charge in [-0.2, -0.15) is 0 Å². The second-order valence-electron chi connectivity index (χ2n) is 6.74. The van der Waals surface area contributed by atoms with Crippen molar-refractivity contribution in [3.05, 3.63) is 42.6 Å². The molecule has 26 heavy (non-hydrogen) atoms. The predicted octanol–water partition coefficient (Wildman–Crippen LogP) is 1.79. The Balaban J connectivity index is 0.00000196. The lowest BCUT2D eigenvalue weighted by Crippen LogP contribution is -2.44. The van der Waals surface area contributed by atoms with Crippen LogP contribution in [0.4, 0.5) is 0 Å². The zero-order valence-electron chi connectivity index (χ0n) is 15.0. The minimum atomic E-state index is 0. The van der Waals surface area contributed by atoms with Crippen LogP contribution in [0.1, 0.15) is 24.8 Å². The summed E-state index contributed by atoms with van der Waals surface area (Å²) in [6, 6.07) is 5.36. The number of aliphatic imine (C=N–C) groups is 1. The molecule has 8 heteroatoms. The molecular weight excluding hydrogens is 441 g/mol. The van der Waals surface area contributed by atoms with Crippen LogP contribution in [0.2, 0.25) is 0 Å². The van der Waals surface area contributed by atoms with Crippen LogP contribution >= 0.6 is 24.0 Å². The minimum absolute atomic E-state index is 0. The topological polar surface area (TPSA) is 70.4 Å². The fourth-order valence-electron chi connectivity index (χ4n) is 3.43. The molecule has 4 rings (SSSR count). The van der Waals surface area contributed by atoms with Gasteiger partial charge in [0.1, 0.15) is 12.1 Å². The number of halogens is 1. The standard InChI is InChI=1S/C18H25N7.HI/c1-19-18(23-15-6-9-24(12-15)16-4-5-16)22-11-14-3-2-7-21-17(14)25-10-8-20-13-25;/h2-3,7-8,10,13,15-16H,4-6,9,11-12H2,1H3,(H2,19,22,23);1H. The van der Waals surface area contributed by atoms with Gasteiger partial charge >= 0.3 is 0 Å². The van der Waals surface area contributed by atoms with Crippen LogP contribution in [-0.4, -0.2) is 57.6 Å². The van der Waals surface area contributed by atoms with Gasteiger partial charge < -0.3 is 10.6 Å². The number of guanidine groups is 1. The Morgan fingerprint density at radius 1 is 1.31 bits per heavy atom. The Morgan fingerprint density at radius 3 is 2.92 bits per heavy atom. The third kappa shape index (κ3) is 4.53. The Labute approximate surface area is 171 Å². The van der Waals surface area contributed by atoms with Gasteiger partial charge in [-0.05, 0) is 25.3 Å². The molecule has 1 atom stereocenters. The fourth-order valence-corrected chi connectivity index (χ4v) is 3.43. The van der Waals surface area contributed by atoms with Crippen LogP contribution in [0, 0.1) is 0 Å². The maximum atomic E-state index is 4.48. The van der Waals surface area contributed by atoms with Gasteiger partial charge in [-0.1, -0.05) is 6.07 Å². The summed E-state index contributed by atoms with van der Waals surface area (Å²) in [5.74, 6) is 1.74. The first-order valence-corrected chi connectivity index (χ1v) is 8.97. The lowest BCUT2D eigenvalue weighted by atomic mass is 10.2. The highest BCUT2D eigenvalue weighted by Gasteiger charge is 2.34. The second-order valence-corrected chi connectivity index (χ2v) is 6.74. The molecule has 0 aromatic carbocycles. The van der Waals surface area contributed by atoms with Crippen molar-refractivity contribution < 1.29 is 0 Å². The van der Waals surface area contributed by atoms with Crippen molar-refractivity contribution in [2.75, 3.05) is 20.1 Å².